The van der Waals surface area contributed by atoms with Crippen molar-refractivity contribution in [1.82, 2.24) is 9.88 Å². The van der Waals surface area contributed by atoms with Gasteiger partial charge in [-0.3, -0.25) is 4.79 Å². The van der Waals surface area contributed by atoms with Crippen LogP contribution < -0.4 is 0 Å². The second-order valence-electron chi connectivity index (χ2n) is 7.39. The Bertz CT molecular complexity index is 704. The molecule has 1 saturated heterocycles. The first kappa shape index (κ1) is 17.8. The van der Waals surface area contributed by atoms with E-state index in [-0.39, 0.29) is 17.3 Å². The highest BCUT2D eigenvalue weighted by atomic mass is 16.5. The summed E-state index contributed by atoms with van der Waals surface area (Å²) in [6.07, 6.45) is 10.1. The Morgan fingerprint density at radius 2 is 2.08 bits per heavy atom. The molecule has 5 heteroatoms. The Balaban J connectivity index is 1.82. The molecule has 0 bridgehead atoms. The molecule has 1 aromatic heterocycles. The Hall–Kier alpha value is -2.04. The lowest BCUT2D eigenvalue weighted by Crippen LogP contribution is -2.46. The molecule has 0 aromatic carbocycles. The van der Waals surface area contributed by atoms with Crippen LogP contribution in [0.15, 0.2) is 12.2 Å². The number of nitrogens with zero attached hydrogens (tertiary/aromatic N) is 1. The van der Waals surface area contributed by atoms with E-state index >= 15 is 0 Å². The maximum atomic E-state index is 13.1. The van der Waals surface area contributed by atoms with E-state index in [9.17, 15) is 9.59 Å². The highest BCUT2D eigenvalue weighted by Crippen LogP contribution is 2.41. The number of rotatable bonds is 3. The molecule has 2 heterocycles. The third kappa shape index (κ3) is 3.37. The minimum absolute atomic E-state index is 0.00442. The van der Waals surface area contributed by atoms with Gasteiger partial charge in [0.2, 0.25) is 0 Å². The van der Waals surface area contributed by atoms with E-state index in [0.717, 1.165) is 38.8 Å². The number of ether oxygens (including phenoxy) is 1. The fraction of sp³-hybridized carbons (Fsp3) is 0.600. The first-order valence-electron chi connectivity index (χ1n) is 9.28. The average Bonchev–Trinajstić information content (AvgIpc) is 2.89. The molecule has 1 fully saturated rings. The van der Waals surface area contributed by atoms with Crippen LogP contribution in [0.5, 0.6) is 0 Å². The molecule has 2 aliphatic rings. The van der Waals surface area contributed by atoms with Gasteiger partial charge in [0.05, 0.1) is 12.2 Å². The van der Waals surface area contributed by atoms with E-state index in [4.69, 9.17) is 4.74 Å². The normalized spacial score (nSPS) is 23.1. The van der Waals surface area contributed by atoms with Crippen molar-refractivity contribution in [2.75, 3.05) is 19.7 Å². The number of H-pyrrole nitrogens is 1. The number of aryl methyl sites for hydroxylation is 1. The maximum absolute atomic E-state index is 13.1. The molecular weight excluding hydrogens is 316 g/mol. The molecule has 1 unspecified atom stereocenters. The van der Waals surface area contributed by atoms with Gasteiger partial charge in [-0.2, -0.15) is 0 Å². The number of likely N-dealkylation sites (tertiary alicyclic amines) is 1. The van der Waals surface area contributed by atoms with Crippen molar-refractivity contribution in [2.24, 2.45) is 5.41 Å². The Labute approximate surface area is 149 Å². The third-order valence-corrected chi connectivity index (χ3v) is 5.64. The molecule has 1 atom stereocenters. The molecule has 1 spiro atoms. The number of piperidine rings is 1. The largest absolute Gasteiger partial charge is 0.462 e. The first-order valence-corrected chi connectivity index (χ1v) is 9.28. The lowest BCUT2D eigenvalue weighted by atomic mass is 9.71. The van der Waals surface area contributed by atoms with Crippen LogP contribution in [0.3, 0.4) is 0 Å². The van der Waals surface area contributed by atoms with Crippen molar-refractivity contribution in [3.8, 4) is 0 Å². The van der Waals surface area contributed by atoms with Crippen molar-refractivity contribution in [2.45, 2.75) is 52.9 Å². The summed E-state index contributed by atoms with van der Waals surface area (Å²) in [5.74, 6) is -0.356. The molecule has 1 N–H and O–H groups in total. The summed E-state index contributed by atoms with van der Waals surface area (Å²) in [7, 11) is 0. The minimum atomic E-state index is -0.361. The first-order chi connectivity index (χ1) is 12.0. The summed E-state index contributed by atoms with van der Waals surface area (Å²) < 4.78 is 5.13. The average molecular weight is 344 g/mol. The summed E-state index contributed by atoms with van der Waals surface area (Å²) in [6.45, 7) is 7.35. The van der Waals surface area contributed by atoms with Crippen LogP contribution in [-0.2, 0) is 4.74 Å². The molecule has 1 aliphatic carbocycles. The number of carbonyl (C=O) groups excluding carboxylic acids is 2. The summed E-state index contributed by atoms with van der Waals surface area (Å²) in [5, 5.41) is 0. The fourth-order valence-corrected chi connectivity index (χ4v) is 4.33. The zero-order valence-electron chi connectivity index (χ0n) is 15.5. The van der Waals surface area contributed by atoms with Crippen LogP contribution in [0.1, 0.15) is 71.1 Å². The van der Waals surface area contributed by atoms with Crippen molar-refractivity contribution < 1.29 is 14.3 Å². The molecule has 0 radical (unpaired) electrons. The van der Waals surface area contributed by atoms with Gasteiger partial charge < -0.3 is 14.6 Å². The van der Waals surface area contributed by atoms with Gasteiger partial charge in [-0.05, 0) is 63.9 Å². The number of aromatic amines is 1. The standard InChI is InChI=1S/C20H28N2O3/c1-4-25-19(24)16-14(2)17(21-15(16)3)18(23)22-12-8-11-20(13-22)9-6-5-7-10-20/h5-6,21H,4,7-13H2,1-3H3. The number of hydrogen-bond donors (Lipinski definition) is 1. The summed E-state index contributed by atoms with van der Waals surface area (Å²) in [5.41, 5.74) is 2.67. The summed E-state index contributed by atoms with van der Waals surface area (Å²) in [6, 6.07) is 0. The van der Waals surface area contributed by atoms with Gasteiger partial charge in [0, 0.05) is 18.8 Å². The lowest BCUT2D eigenvalue weighted by molar-refractivity contribution is 0.0479. The number of hydrogen-bond acceptors (Lipinski definition) is 3. The number of carbonyl (C=O) groups is 2. The van der Waals surface area contributed by atoms with Crippen molar-refractivity contribution in [3.63, 3.8) is 0 Å². The highest BCUT2D eigenvalue weighted by molar-refractivity contribution is 6.00. The van der Waals surface area contributed by atoms with Gasteiger partial charge in [0.1, 0.15) is 5.69 Å². The monoisotopic (exact) mass is 344 g/mol. The summed E-state index contributed by atoms with van der Waals surface area (Å²) in [4.78, 5) is 30.4. The SMILES string of the molecule is CCOC(=O)c1c(C)[nH]c(C(=O)N2CCCC3(CC=CCC3)C2)c1C. The number of allylic oxidation sites excluding steroid dienone is 2. The van der Waals surface area contributed by atoms with Crippen LogP contribution in [-0.4, -0.2) is 41.5 Å². The van der Waals surface area contributed by atoms with Gasteiger partial charge in [0.15, 0.2) is 0 Å². The topological polar surface area (TPSA) is 62.4 Å². The number of esters is 1. The molecule has 0 saturated carbocycles. The molecule has 3 rings (SSSR count). The van der Waals surface area contributed by atoms with Crippen LogP contribution in [0.4, 0.5) is 0 Å². The van der Waals surface area contributed by atoms with Gasteiger partial charge in [-0.1, -0.05) is 12.2 Å². The highest BCUT2D eigenvalue weighted by Gasteiger charge is 2.38. The predicted molar refractivity (Wildman–Crippen MR) is 96.8 cm³/mol. The molecule has 136 valence electrons. The van der Waals surface area contributed by atoms with E-state index in [0.29, 0.717) is 29.1 Å². The third-order valence-electron chi connectivity index (χ3n) is 5.64. The molecule has 1 aliphatic heterocycles. The quantitative estimate of drug-likeness (QED) is 0.670. The zero-order valence-corrected chi connectivity index (χ0v) is 15.5. The van der Waals surface area contributed by atoms with Crippen LogP contribution in [0, 0.1) is 19.3 Å². The van der Waals surface area contributed by atoms with E-state index in [1.807, 2.05) is 18.7 Å². The predicted octanol–water partition coefficient (Wildman–Crippen LogP) is 3.77. The van der Waals surface area contributed by atoms with Crippen LogP contribution in [0.2, 0.25) is 0 Å². The maximum Gasteiger partial charge on any atom is 0.340 e. The van der Waals surface area contributed by atoms with Crippen LogP contribution in [0.25, 0.3) is 0 Å². The minimum Gasteiger partial charge on any atom is -0.462 e. The molecule has 1 amide bonds. The number of aromatic nitrogens is 1. The zero-order chi connectivity index (χ0) is 18.0. The molecular formula is C20H28N2O3. The molecule has 5 nitrogen and oxygen atoms in total. The Morgan fingerprint density at radius 1 is 1.28 bits per heavy atom. The fourth-order valence-electron chi connectivity index (χ4n) is 4.33. The van der Waals surface area contributed by atoms with Gasteiger partial charge in [-0.25, -0.2) is 4.79 Å². The van der Waals surface area contributed by atoms with E-state index < -0.39 is 0 Å². The molecule has 25 heavy (non-hydrogen) atoms. The second kappa shape index (κ2) is 7.06. The second-order valence-corrected chi connectivity index (χ2v) is 7.39. The van der Waals surface area contributed by atoms with E-state index in [2.05, 4.69) is 17.1 Å². The molecule has 1 aromatic rings. The number of amides is 1. The van der Waals surface area contributed by atoms with E-state index in [1.54, 1.807) is 6.92 Å². The summed E-state index contributed by atoms with van der Waals surface area (Å²) >= 11 is 0. The van der Waals surface area contributed by atoms with Crippen molar-refractivity contribution in [3.05, 3.63) is 34.7 Å². The van der Waals surface area contributed by atoms with E-state index in [1.165, 1.54) is 6.42 Å². The Kier molecular flexibility index (Phi) is 5.02. The number of nitrogens with one attached hydrogen (secondary N) is 1. The van der Waals surface area contributed by atoms with Crippen molar-refractivity contribution in [1.29, 1.82) is 0 Å². The van der Waals surface area contributed by atoms with Crippen LogP contribution >= 0.6 is 0 Å². The lowest BCUT2D eigenvalue weighted by Gasteiger charge is -2.43. The van der Waals surface area contributed by atoms with Gasteiger partial charge in [-0.15, -0.1) is 0 Å². The smallest absolute Gasteiger partial charge is 0.340 e. The van der Waals surface area contributed by atoms with Gasteiger partial charge >= 0.3 is 5.97 Å². The van der Waals surface area contributed by atoms with Gasteiger partial charge in [0.25, 0.3) is 5.91 Å². The van der Waals surface area contributed by atoms with Crippen molar-refractivity contribution >= 4 is 11.9 Å². The Morgan fingerprint density at radius 3 is 2.76 bits per heavy atom.